The quantitative estimate of drug-likeness (QED) is 0.521. The molecule has 0 spiro atoms. The molecule has 0 radical (unpaired) electrons. The smallest absolute Gasteiger partial charge is 0.122 e. The van der Waals surface area contributed by atoms with Gasteiger partial charge in [-0.1, -0.05) is 6.08 Å². The van der Waals surface area contributed by atoms with E-state index < -0.39 is 11.7 Å². The van der Waals surface area contributed by atoms with E-state index in [1.165, 1.54) is 13.0 Å². The molecule has 0 aromatic rings. The first kappa shape index (κ1) is 9.08. The second-order valence-electron chi connectivity index (χ2n) is 1.80. The molecule has 0 nitrogen and oxygen atoms in total. The zero-order valence-electron chi connectivity index (χ0n) is 6.07. The molecule has 0 saturated carbocycles. The van der Waals surface area contributed by atoms with E-state index in [-0.39, 0.29) is 0 Å². The lowest BCUT2D eigenvalue weighted by Gasteiger charge is -1.81. The lowest BCUT2D eigenvalue weighted by atomic mass is 10.4. The average molecular weight is 144 g/mol. The summed E-state index contributed by atoms with van der Waals surface area (Å²) < 4.78 is 24.3. The molecule has 0 N–H and O–H groups in total. The second kappa shape index (κ2) is 4.91. The van der Waals surface area contributed by atoms with Crippen LogP contribution in [-0.2, 0) is 0 Å². The molecule has 0 aliphatic rings. The van der Waals surface area contributed by atoms with Crippen LogP contribution in [0.1, 0.15) is 13.8 Å². The van der Waals surface area contributed by atoms with E-state index in [2.05, 4.69) is 0 Å². The van der Waals surface area contributed by atoms with Crippen molar-refractivity contribution < 1.29 is 8.78 Å². The third-order valence-electron chi connectivity index (χ3n) is 0.798. The van der Waals surface area contributed by atoms with Gasteiger partial charge in [0.25, 0.3) is 0 Å². The van der Waals surface area contributed by atoms with Crippen LogP contribution in [0.5, 0.6) is 0 Å². The van der Waals surface area contributed by atoms with E-state index in [0.717, 1.165) is 12.2 Å². The zero-order chi connectivity index (χ0) is 7.98. The molecule has 0 rings (SSSR count). The fourth-order valence-corrected chi connectivity index (χ4v) is 0.409. The first-order valence-electron chi connectivity index (χ1n) is 2.99. The van der Waals surface area contributed by atoms with E-state index in [0.29, 0.717) is 0 Å². The Hall–Kier alpha value is -0.920. The lowest BCUT2D eigenvalue weighted by Crippen LogP contribution is -1.63. The third kappa shape index (κ3) is 5.22. The Labute approximate surface area is 59.6 Å². The summed E-state index contributed by atoms with van der Waals surface area (Å²) >= 11 is 0. The van der Waals surface area contributed by atoms with Gasteiger partial charge in [0, 0.05) is 0 Å². The van der Waals surface area contributed by atoms with Gasteiger partial charge in [-0.25, -0.2) is 8.78 Å². The van der Waals surface area contributed by atoms with Crippen LogP contribution < -0.4 is 0 Å². The predicted octanol–water partition coefficient (Wildman–Crippen LogP) is 3.29. The van der Waals surface area contributed by atoms with Crippen molar-refractivity contribution in [3.63, 3.8) is 0 Å². The van der Waals surface area contributed by atoms with E-state index in [1.54, 1.807) is 13.0 Å². The number of allylic oxidation sites excluding steroid dienone is 6. The molecule has 0 fully saturated rings. The predicted molar refractivity (Wildman–Crippen MR) is 38.9 cm³/mol. The van der Waals surface area contributed by atoms with Crippen molar-refractivity contribution in [3.05, 3.63) is 36.0 Å². The first-order valence-corrected chi connectivity index (χ1v) is 2.99. The van der Waals surface area contributed by atoms with Crippen LogP contribution in [0, 0.1) is 0 Å². The maximum absolute atomic E-state index is 12.3. The van der Waals surface area contributed by atoms with Crippen LogP contribution in [0.2, 0.25) is 0 Å². The fourth-order valence-electron chi connectivity index (χ4n) is 0.409. The Balaban J connectivity index is 4.05. The van der Waals surface area contributed by atoms with E-state index in [4.69, 9.17) is 0 Å². The van der Waals surface area contributed by atoms with Crippen molar-refractivity contribution in [3.8, 4) is 0 Å². The van der Waals surface area contributed by atoms with Gasteiger partial charge in [-0.05, 0) is 32.1 Å². The van der Waals surface area contributed by atoms with Gasteiger partial charge in [0.15, 0.2) is 0 Å². The minimum absolute atomic E-state index is 0.403. The summed E-state index contributed by atoms with van der Waals surface area (Å²) in [5.41, 5.74) is 0. The molecule has 0 amide bonds. The molecule has 0 heterocycles. The summed E-state index contributed by atoms with van der Waals surface area (Å²) in [6.07, 6.45) is 4.97. The van der Waals surface area contributed by atoms with Crippen LogP contribution in [-0.4, -0.2) is 0 Å². The molecular formula is C8H10F2. The highest BCUT2D eigenvalue weighted by Gasteiger charge is 1.82. The van der Waals surface area contributed by atoms with Crippen molar-refractivity contribution in [2.24, 2.45) is 0 Å². The Bertz CT molecular complexity index is 172. The first-order chi connectivity index (χ1) is 4.66. The second-order valence-corrected chi connectivity index (χ2v) is 1.80. The van der Waals surface area contributed by atoms with Gasteiger partial charge < -0.3 is 0 Å². The van der Waals surface area contributed by atoms with Crippen LogP contribution in [0.4, 0.5) is 8.78 Å². The number of hydrogen-bond acceptors (Lipinski definition) is 0. The van der Waals surface area contributed by atoms with E-state index >= 15 is 0 Å². The summed E-state index contributed by atoms with van der Waals surface area (Å²) in [5, 5.41) is 0. The molecule has 0 bridgehead atoms. The molecular weight excluding hydrogens is 134 g/mol. The Morgan fingerprint density at radius 1 is 1.20 bits per heavy atom. The highest BCUT2D eigenvalue weighted by atomic mass is 19.1. The van der Waals surface area contributed by atoms with Crippen molar-refractivity contribution in [2.75, 3.05) is 0 Å². The highest BCUT2D eigenvalue weighted by molar-refractivity contribution is 5.17. The summed E-state index contributed by atoms with van der Waals surface area (Å²) in [4.78, 5) is 0. The summed E-state index contributed by atoms with van der Waals surface area (Å²) in [6.45, 7) is 2.96. The molecule has 0 aliphatic heterocycles. The number of halogens is 2. The molecule has 0 unspecified atom stereocenters. The lowest BCUT2D eigenvalue weighted by molar-refractivity contribution is 0.636. The minimum atomic E-state index is -0.445. The van der Waals surface area contributed by atoms with Crippen LogP contribution in [0.25, 0.3) is 0 Å². The Kier molecular flexibility index (Phi) is 4.46. The maximum atomic E-state index is 12.3. The van der Waals surface area contributed by atoms with Crippen molar-refractivity contribution in [1.29, 1.82) is 0 Å². The summed E-state index contributed by atoms with van der Waals surface area (Å²) in [6, 6.07) is 0. The van der Waals surface area contributed by atoms with Gasteiger partial charge in [0.1, 0.15) is 5.83 Å². The molecule has 0 aromatic heterocycles. The van der Waals surface area contributed by atoms with Gasteiger partial charge in [0.05, 0.1) is 5.83 Å². The van der Waals surface area contributed by atoms with E-state index in [1.807, 2.05) is 0 Å². The topological polar surface area (TPSA) is 0 Å². The largest absolute Gasteiger partial charge is 0.212 e. The van der Waals surface area contributed by atoms with Gasteiger partial charge >= 0.3 is 0 Å². The van der Waals surface area contributed by atoms with Crippen molar-refractivity contribution >= 4 is 0 Å². The number of rotatable bonds is 2. The van der Waals surface area contributed by atoms with Crippen LogP contribution in [0.3, 0.4) is 0 Å². The van der Waals surface area contributed by atoms with Gasteiger partial charge in [0.2, 0.25) is 0 Å². The highest BCUT2D eigenvalue weighted by Crippen LogP contribution is 2.01. The van der Waals surface area contributed by atoms with Crippen LogP contribution >= 0.6 is 0 Å². The van der Waals surface area contributed by atoms with E-state index in [9.17, 15) is 8.78 Å². The molecule has 2 heteroatoms. The minimum Gasteiger partial charge on any atom is -0.212 e. The molecule has 0 aromatic carbocycles. The Morgan fingerprint density at radius 2 is 1.80 bits per heavy atom. The molecule has 0 saturated heterocycles. The van der Waals surface area contributed by atoms with Crippen molar-refractivity contribution in [1.82, 2.24) is 0 Å². The van der Waals surface area contributed by atoms with Gasteiger partial charge in [-0.2, -0.15) is 0 Å². The third-order valence-corrected chi connectivity index (χ3v) is 0.798. The normalized spacial score (nSPS) is 14.8. The summed E-state index contributed by atoms with van der Waals surface area (Å²) in [7, 11) is 0. The zero-order valence-corrected chi connectivity index (χ0v) is 6.07. The SMILES string of the molecule is C/C=C/C(F)=C\C=C(/C)F. The summed E-state index contributed by atoms with van der Waals surface area (Å²) in [5.74, 6) is -0.848. The standard InChI is InChI=1S/C8H10F2/c1-3-4-8(10)6-5-7(2)9/h3-6H,1-2H3/b4-3+,7-5+,8-6+. The monoisotopic (exact) mass is 144 g/mol. The molecule has 10 heavy (non-hydrogen) atoms. The van der Waals surface area contributed by atoms with Gasteiger partial charge in [-0.15, -0.1) is 0 Å². The number of hydrogen-bond donors (Lipinski definition) is 0. The fraction of sp³-hybridized carbons (Fsp3) is 0.250. The molecule has 0 atom stereocenters. The van der Waals surface area contributed by atoms with Crippen molar-refractivity contribution in [2.45, 2.75) is 13.8 Å². The Morgan fingerprint density at radius 3 is 2.20 bits per heavy atom. The molecule has 56 valence electrons. The molecule has 0 aliphatic carbocycles. The van der Waals surface area contributed by atoms with Gasteiger partial charge in [-0.3, -0.25) is 0 Å². The maximum Gasteiger partial charge on any atom is 0.122 e. The average Bonchev–Trinajstić information content (AvgIpc) is 1.85. The van der Waals surface area contributed by atoms with Crippen LogP contribution in [0.15, 0.2) is 36.0 Å².